The largest absolute Gasteiger partial charge is 0.446 e. The average Bonchev–Trinajstić information content (AvgIpc) is 2.05. The summed E-state index contributed by atoms with van der Waals surface area (Å²) in [4.78, 5) is 9.59. The summed E-state index contributed by atoms with van der Waals surface area (Å²) in [7, 11) is -4.70. The highest BCUT2D eigenvalue weighted by molar-refractivity contribution is 7.81. The number of nitro groups is 1. The topological polar surface area (TPSA) is 107 Å². The van der Waals surface area contributed by atoms with Crippen molar-refractivity contribution < 1.29 is 22.1 Å². The van der Waals surface area contributed by atoms with Crippen molar-refractivity contribution in [3.8, 4) is 5.75 Å². The van der Waals surface area contributed by atoms with Crippen molar-refractivity contribution in [3.63, 3.8) is 0 Å². The Balaban J connectivity index is 3.14. The number of rotatable bonds is 3. The van der Waals surface area contributed by atoms with Crippen LogP contribution in [0.1, 0.15) is 0 Å². The van der Waals surface area contributed by atoms with Crippen molar-refractivity contribution >= 4 is 27.7 Å². The van der Waals surface area contributed by atoms with Gasteiger partial charge in [-0.25, -0.2) is 0 Å². The maximum Gasteiger partial charge on any atom is 0.446 e. The predicted octanol–water partition coefficient (Wildman–Crippen LogP) is 1.43. The third kappa shape index (κ3) is 3.35. The van der Waals surface area contributed by atoms with Crippen molar-refractivity contribution in [2.75, 3.05) is 0 Å². The van der Waals surface area contributed by atoms with Crippen LogP contribution in [0.25, 0.3) is 0 Å². The van der Waals surface area contributed by atoms with Gasteiger partial charge in [-0.2, -0.15) is 8.42 Å². The molecule has 1 rings (SSSR count). The van der Waals surface area contributed by atoms with E-state index >= 15 is 0 Å². The van der Waals surface area contributed by atoms with Crippen LogP contribution in [0, 0.1) is 10.1 Å². The fourth-order valence-corrected chi connectivity index (χ4v) is 1.34. The van der Waals surface area contributed by atoms with Crippen LogP contribution >= 0.6 is 11.6 Å². The summed E-state index contributed by atoms with van der Waals surface area (Å²) in [5, 5.41) is 10.2. The number of halogens is 1. The summed E-state index contributed by atoms with van der Waals surface area (Å²) in [5.74, 6) is -0.395. The summed E-state index contributed by atoms with van der Waals surface area (Å²) in [6, 6.07) is 2.94. The highest BCUT2D eigenvalue weighted by atomic mass is 35.5. The first-order chi connectivity index (χ1) is 6.79. The molecule has 0 amide bonds. The van der Waals surface area contributed by atoms with Gasteiger partial charge in [-0.3, -0.25) is 14.7 Å². The maximum atomic E-state index is 10.4. The van der Waals surface area contributed by atoms with E-state index in [1.54, 1.807) is 0 Å². The molecule has 1 N–H and O–H groups in total. The zero-order valence-corrected chi connectivity index (χ0v) is 8.53. The van der Waals surface area contributed by atoms with Crippen LogP contribution in [0.3, 0.4) is 0 Å². The lowest BCUT2D eigenvalue weighted by Gasteiger charge is -2.01. The van der Waals surface area contributed by atoms with E-state index in [1.165, 1.54) is 0 Å². The molecular formula is C6H4ClNO6S. The van der Waals surface area contributed by atoms with Crippen molar-refractivity contribution in [2.24, 2.45) is 0 Å². The molecule has 0 aliphatic carbocycles. The molecule has 0 saturated carbocycles. The third-order valence-electron chi connectivity index (χ3n) is 1.32. The van der Waals surface area contributed by atoms with Crippen molar-refractivity contribution in [1.82, 2.24) is 0 Å². The van der Waals surface area contributed by atoms with Gasteiger partial charge in [0.15, 0.2) is 5.75 Å². The molecule has 9 heteroatoms. The van der Waals surface area contributed by atoms with Gasteiger partial charge in [-0.15, -0.1) is 0 Å². The Morgan fingerprint density at radius 2 is 2.07 bits per heavy atom. The Morgan fingerprint density at radius 3 is 2.53 bits per heavy atom. The van der Waals surface area contributed by atoms with Crippen LogP contribution in [0.2, 0.25) is 5.02 Å². The molecule has 0 radical (unpaired) electrons. The molecule has 7 nitrogen and oxygen atoms in total. The third-order valence-corrected chi connectivity index (χ3v) is 2.04. The Bertz CT molecular complexity index is 498. The highest BCUT2D eigenvalue weighted by Gasteiger charge is 2.16. The second-order valence-corrected chi connectivity index (χ2v) is 3.81. The van der Waals surface area contributed by atoms with E-state index in [9.17, 15) is 18.5 Å². The second-order valence-electron chi connectivity index (χ2n) is 2.38. The lowest BCUT2D eigenvalue weighted by atomic mass is 10.3. The first-order valence-corrected chi connectivity index (χ1v) is 5.15. The van der Waals surface area contributed by atoms with Crippen molar-refractivity contribution in [1.29, 1.82) is 0 Å². The molecule has 82 valence electrons. The number of hydrogen-bond donors (Lipinski definition) is 1. The minimum atomic E-state index is -4.70. The molecule has 0 bridgehead atoms. The van der Waals surface area contributed by atoms with E-state index in [0.29, 0.717) is 0 Å². The van der Waals surface area contributed by atoms with Crippen LogP contribution in [0.4, 0.5) is 5.69 Å². The van der Waals surface area contributed by atoms with Gasteiger partial charge in [0, 0.05) is 0 Å². The maximum absolute atomic E-state index is 10.4. The molecule has 0 atom stereocenters. The highest BCUT2D eigenvalue weighted by Crippen LogP contribution is 2.28. The number of benzene rings is 1. The monoisotopic (exact) mass is 253 g/mol. The summed E-state index contributed by atoms with van der Waals surface area (Å²) in [5.41, 5.74) is -0.516. The Morgan fingerprint density at radius 1 is 1.47 bits per heavy atom. The zero-order chi connectivity index (χ0) is 11.6. The SMILES string of the molecule is O=[N+]([O-])c1cc(OS(=O)(=O)O)ccc1Cl. The number of nitrogens with zero attached hydrogens (tertiary/aromatic N) is 1. The van der Waals surface area contributed by atoms with Gasteiger partial charge >= 0.3 is 10.4 Å². The molecule has 0 aromatic heterocycles. The smallest absolute Gasteiger partial charge is 0.362 e. The van der Waals surface area contributed by atoms with E-state index in [4.69, 9.17) is 16.2 Å². The van der Waals surface area contributed by atoms with E-state index in [1.807, 2.05) is 0 Å². The number of nitro benzene ring substituents is 1. The van der Waals surface area contributed by atoms with Gasteiger partial charge in [0.05, 0.1) is 11.0 Å². The predicted molar refractivity (Wildman–Crippen MR) is 50.3 cm³/mol. The molecule has 0 spiro atoms. The molecule has 1 aromatic rings. The first-order valence-electron chi connectivity index (χ1n) is 3.40. The molecule has 0 heterocycles. The van der Waals surface area contributed by atoms with Gasteiger partial charge in [-0.05, 0) is 12.1 Å². The summed E-state index contributed by atoms with van der Waals surface area (Å²) >= 11 is 5.45. The standard InChI is InChI=1S/C6H4ClNO6S/c7-5-2-1-4(14-15(11,12)13)3-6(5)8(9)10/h1-3H,(H,11,12,13). The van der Waals surface area contributed by atoms with Gasteiger partial charge in [-0.1, -0.05) is 11.6 Å². The normalized spacial score (nSPS) is 11.1. The van der Waals surface area contributed by atoms with Crippen LogP contribution in [0.15, 0.2) is 18.2 Å². The molecule has 1 aromatic carbocycles. The van der Waals surface area contributed by atoms with E-state index in [2.05, 4.69) is 4.18 Å². The lowest BCUT2D eigenvalue weighted by molar-refractivity contribution is -0.384. The molecular weight excluding hydrogens is 250 g/mol. The second kappa shape index (κ2) is 4.01. The molecule has 0 unspecified atom stereocenters. The minimum Gasteiger partial charge on any atom is -0.362 e. The van der Waals surface area contributed by atoms with E-state index in [-0.39, 0.29) is 5.02 Å². The number of hydrogen-bond acceptors (Lipinski definition) is 5. The Labute approximate surface area is 89.3 Å². The molecule has 0 fully saturated rings. The van der Waals surface area contributed by atoms with E-state index in [0.717, 1.165) is 18.2 Å². The fourth-order valence-electron chi connectivity index (χ4n) is 0.806. The average molecular weight is 254 g/mol. The summed E-state index contributed by atoms with van der Waals surface area (Å²) < 4.78 is 32.9. The van der Waals surface area contributed by atoms with Crippen LogP contribution in [-0.4, -0.2) is 17.9 Å². The van der Waals surface area contributed by atoms with Crippen molar-refractivity contribution in [3.05, 3.63) is 33.3 Å². The molecule has 0 aliphatic rings. The van der Waals surface area contributed by atoms with Crippen LogP contribution in [0.5, 0.6) is 5.75 Å². The minimum absolute atomic E-state index is 0.164. The van der Waals surface area contributed by atoms with E-state index < -0.39 is 26.8 Å². The fraction of sp³-hybridized carbons (Fsp3) is 0. The lowest BCUT2D eigenvalue weighted by Crippen LogP contribution is -2.06. The van der Waals surface area contributed by atoms with Gasteiger partial charge < -0.3 is 4.18 Å². The Kier molecular flexibility index (Phi) is 3.12. The molecule has 0 saturated heterocycles. The summed E-state index contributed by atoms with van der Waals surface area (Å²) in [6.07, 6.45) is 0. The zero-order valence-electron chi connectivity index (χ0n) is 6.95. The van der Waals surface area contributed by atoms with Crippen molar-refractivity contribution in [2.45, 2.75) is 0 Å². The first kappa shape index (κ1) is 11.7. The summed E-state index contributed by atoms with van der Waals surface area (Å²) in [6.45, 7) is 0. The van der Waals surface area contributed by atoms with Gasteiger partial charge in [0.25, 0.3) is 5.69 Å². The van der Waals surface area contributed by atoms with Crippen LogP contribution in [-0.2, 0) is 10.4 Å². The van der Waals surface area contributed by atoms with Gasteiger partial charge in [0.1, 0.15) is 5.02 Å². The quantitative estimate of drug-likeness (QED) is 0.496. The van der Waals surface area contributed by atoms with Crippen LogP contribution < -0.4 is 4.18 Å². The Hall–Kier alpha value is -1.38. The molecule has 0 aliphatic heterocycles. The molecule has 15 heavy (non-hydrogen) atoms. The van der Waals surface area contributed by atoms with Gasteiger partial charge in [0.2, 0.25) is 0 Å².